The zero-order valence-corrected chi connectivity index (χ0v) is 9.48. The van der Waals surface area contributed by atoms with E-state index >= 15 is 0 Å². The molecular formula is C10H22O5. The summed E-state index contributed by atoms with van der Waals surface area (Å²) >= 11 is 0. The molecule has 1 unspecified atom stereocenters. The Kier molecular flexibility index (Phi) is 14.9. The fraction of sp³-hybridized carbons (Fsp3) is 0.900. The highest BCUT2D eigenvalue weighted by Gasteiger charge is 2.01. The predicted octanol–water partition coefficient (Wildman–Crippen LogP) is 0.637. The molecule has 0 saturated heterocycles. The molecule has 92 valence electrons. The lowest BCUT2D eigenvalue weighted by Gasteiger charge is -2.09. The number of hydrogen-bond donors (Lipinski definition) is 3. The predicted molar refractivity (Wildman–Crippen MR) is 56.7 cm³/mol. The first-order chi connectivity index (χ1) is 7.04. The van der Waals surface area contributed by atoms with Crippen molar-refractivity contribution in [3.63, 3.8) is 0 Å². The van der Waals surface area contributed by atoms with Crippen molar-refractivity contribution in [2.24, 2.45) is 0 Å². The van der Waals surface area contributed by atoms with Crippen molar-refractivity contribution in [3.05, 3.63) is 0 Å². The van der Waals surface area contributed by atoms with E-state index in [0.29, 0.717) is 13.2 Å². The van der Waals surface area contributed by atoms with E-state index in [9.17, 15) is 5.11 Å². The molecule has 5 nitrogen and oxygen atoms in total. The summed E-state index contributed by atoms with van der Waals surface area (Å²) in [4.78, 5) is 9.00. The largest absolute Gasteiger partial charge is 0.481 e. The molecule has 0 aliphatic rings. The van der Waals surface area contributed by atoms with Gasteiger partial charge in [-0.15, -0.1) is 0 Å². The minimum Gasteiger partial charge on any atom is -0.481 e. The smallest absolute Gasteiger partial charge is 0.300 e. The third kappa shape index (κ3) is 24.7. The van der Waals surface area contributed by atoms with Crippen molar-refractivity contribution in [2.75, 3.05) is 19.8 Å². The highest BCUT2D eigenvalue weighted by atomic mass is 16.5. The summed E-state index contributed by atoms with van der Waals surface area (Å²) in [6.45, 7) is 3.87. The monoisotopic (exact) mass is 222 g/mol. The second-order valence-corrected chi connectivity index (χ2v) is 3.11. The Morgan fingerprint density at radius 1 is 1.47 bits per heavy atom. The third-order valence-electron chi connectivity index (χ3n) is 1.44. The molecule has 0 aromatic carbocycles. The Morgan fingerprint density at radius 3 is 2.40 bits per heavy atom. The van der Waals surface area contributed by atoms with Gasteiger partial charge in [-0.3, -0.25) is 4.79 Å². The minimum absolute atomic E-state index is 0.0283. The molecule has 0 aliphatic heterocycles. The average Bonchev–Trinajstić information content (AvgIpc) is 2.14. The molecule has 0 aromatic heterocycles. The maximum Gasteiger partial charge on any atom is 0.300 e. The number of aliphatic carboxylic acids is 1. The van der Waals surface area contributed by atoms with Crippen LogP contribution in [0.15, 0.2) is 0 Å². The van der Waals surface area contributed by atoms with E-state index in [-0.39, 0.29) is 12.7 Å². The molecule has 15 heavy (non-hydrogen) atoms. The molecule has 0 spiro atoms. The van der Waals surface area contributed by atoms with Crippen LogP contribution in [0.4, 0.5) is 0 Å². The number of carboxylic acids is 1. The van der Waals surface area contributed by atoms with Crippen LogP contribution in [0.1, 0.15) is 33.1 Å². The molecule has 1 atom stereocenters. The lowest BCUT2D eigenvalue weighted by molar-refractivity contribution is -0.134. The summed E-state index contributed by atoms with van der Waals surface area (Å²) in [6.07, 6.45) is 2.56. The van der Waals surface area contributed by atoms with Crippen LogP contribution >= 0.6 is 0 Å². The molecular weight excluding hydrogens is 200 g/mol. The van der Waals surface area contributed by atoms with Crippen molar-refractivity contribution in [2.45, 2.75) is 39.2 Å². The number of hydrogen-bond acceptors (Lipinski definition) is 4. The van der Waals surface area contributed by atoms with Gasteiger partial charge >= 0.3 is 0 Å². The van der Waals surface area contributed by atoms with E-state index in [4.69, 9.17) is 19.7 Å². The van der Waals surface area contributed by atoms with Crippen molar-refractivity contribution in [1.82, 2.24) is 0 Å². The summed E-state index contributed by atoms with van der Waals surface area (Å²) < 4.78 is 4.94. The zero-order chi connectivity index (χ0) is 12.1. The Morgan fingerprint density at radius 2 is 2.00 bits per heavy atom. The molecule has 0 amide bonds. The highest BCUT2D eigenvalue weighted by molar-refractivity contribution is 5.62. The number of carbonyl (C=O) groups is 1. The lowest BCUT2D eigenvalue weighted by atomic mass is 10.2. The van der Waals surface area contributed by atoms with Gasteiger partial charge in [-0.25, -0.2) is 0 Å². The third-order valence-corrected chi connectivity index (χ3v) is 1.44. The van der Waals surface area contributed by atoms with Gasteiger partial charge in [0.05, 0.1) is 25.9 Å². The standard InChI is InChI=1S/C8H18O3.C2H4O2/c1-2-3-4-8(10)7-11-6-5-9;1-2(3)4/h8-10H,2-7H2,1H3;1H3,(H,3,4). The van der Waals surface area contributed by atoms with Gasteiger partial charge in [0.15, 0.2) is 0 Å². The van der Waals surface area contributed by atoms with Gasteiger partial charge in [-0.05, 0) is 6.42 Å². The molecule has 0 aromatic rings. The highest BCUT2D eigenvalue weighted by Crippen LogP contribution is 1.99. The van der Waals surface area contributed by atoms with Crippen LogP contribution in [0.25, 0.3) is 0 Å². The van der Waals surface area contributed by atoms with E-state index in [1.807, 2.05) is 0 Å². The van der Waals surface area contributed by atoms with Crippen molar-refractivity contribution in [1.29, 1.82) is 0 Å². The van der Waals surface area contributed by atoms with Crippen LogP contribution in [0, 0.1) is 0 Å². The maximum absolute atomic E-state index is 9.20. The number of carboxylic acid groups (broad SMARTS) is 1. The molecule has 3 N–H and O–H groups in total. The number of rotatable bonds is 7. The molecule has 0 heterocycles. The summed E-state index contributed by atoms with van der Waals surface area (Å²) in [6, 6.07) is 0. The van der Waals surface area contributed by atoms with Gasteiger partial charge in [0.25, 0.3) is 5.97 Å². The summed E-state index contributed by atoms with van der Waals surface area (Å²) in [5.74, 6) is -0.833. The van der Waals surface area contributed by atoms with Crippen molar-refractivity contribution in [3.8, 4) is 0 Å². The van der Waals surface area contributed by atoms with Gasteiger partial charge < -0.3 is 20.1 Å². The molecule has 0 aliphatic carbocycles. The van der Waals surface area contributed by atoms with Crippen LogP contribution in [-0.2, 0) is 9.53 Å². The number of aliphatic hydroxyl groups is 2. The second-order valence-electron chi connectivity index (χ2n) is 3.11. The van der Waals surface area contributed by atoms with Crippen LogP contribution in [0.5, 0.6) is 0 Å². The quantitative estimate of drug-likeness (QED) is 0.550. The van der Waals surface area contributed by atoms with Gasteiger partial charge in [0.2, 0.25) is 0 Å². The normalized spacial score (nSPS) is 11.5. The second kappa shape index (κ2) is 13.4. The fourth-order valence-electron chi connectivity index (χ4n) is 0.807. The number of aliphatic hydroxyl groups excluding tert-OH is 2. The first kappa shape index (κ1) is 16.8. The average molecular weight is 222 g/mol. The molecule has 0 rings (SSSR count). The van der Waals surface area contributed by atoms with Gasteiger partial charge in [-0.1, -0.05) is 19.8 Å². The van der Waals surface area contributed by atoms with E-state index in [1.165, 1.54) is 0 Å². The first-order valence-corrected chi connectivity index (χ1v) is 5.10. The Bertz CT molecular complexity index is 134. The summed E-state index contributed by atoms with van der Waals surface area (Å²) in [5, 5.41) is 25.0. The Hall–Kier alpha value is -0.650. The van der Waals surface area contributed by atoms with E-state index in [2.05, 4.69) is 6.92 Å². The maximum atomic E-state index is 9.20. The molecule has 5 heteroatoms. The van der Waals surface area contributed by atoms with Gasteiger partial charge in [-0.2, -0.15) is 0 Å². The number of unbranched alkanes of at least 4 members (excludes halogenated alkanes) is 1. The minimum atomic E-state index is -0.833. The zero-order valence-electron chi connectivity index (χ0n) is 9.48. The molecule has 0 saturated carbocycles. The molecule has 0 fully saturated rings. The van der Waals surface area contributed by atoms with Crippen LogP contribution in [-0.4, -0.2) is 47.2 Å². The lowest BCUT2D eigenvalue weighted by Crippen LogP contribution is -2.16. The summed E-state index contributed by atoms with van der Waals surface area (Å²) in [7, 11) is 0. The van der Waals surface area contributed by atoms with Crippen molar-refractivity contribution >= 4 is 5.97 Å². The Balaban J connectivity index is 0. The van der Waals surface area contributed by atoms with Gasteiger partial charge in [0, 0.05) is 6.92 Å². The topological polar surface area (TPSA) is 87.0 Å². The summed E-state index contributed by atoms with van der Waals surface area (Å²) in [5.41, 5.74) is 0. The van der Waals surface area contributed by atoms with Crippen molar-refractivity contribution < 1.29 is 24.9 Å². The van der Waals surface area contributed by atoms with E-state index < -0.39 is 5.97 Å². The molecule has 0 radical (unpaired) electrons. The fourth-order valence-corrected chi connectivity index (χ4v) is 0.807. The first-order valence-electron chi connectivity index (χ1n) is 5.10. The van der Waals surface area contributed by atoms with Crippen LogP contribution in [0.3, 0.4) is 0 Å². The van der Waals surface area contributed by atoms with Crippen LogP contribution in [0.2, 0.25) is 0 Å². The van der Waals surface area contributed by atoms with E-state index in [1.54, 1.807) is 0 Å². The van der Waals surface area contributed by atoms with Gasteiger partial charge in [0.1, 0.15) is 0 Å². The Labute approximate surface area is 90.7 Å². The SMILES string of the molecule is CC(=O)O.CCCCC(O)COCCO. The molecule has 0 bridgehead atoms. The van der Waals surface area contributed by atoms with Crippen LogP contribution < -0.4 is 0 Å². The number of ether oxygens (including phenoxy) is 1. The van der Waals surface area contributed by atoms with E-state index in [0.717, 1.165) is 26.2 Å².